The number of nitrogens with zero attached hydrogens (tertiary/aromatic N) is 1. The molecule has 0 radical (unpaired) electrons. The van der Waals surface area contributed by atoms with E-state index in [1.165, 1.54) is 47.3 Å². The van der Waals surface area contributed by atoms with Gasteiger partial charge in [0, 0.05) is 10.8 Å². The summed E-state index contributed by atoms with van der Waals surface area (Å²) in [4.78, 5) is 17.5. The average molecular weight is 572 g/mol. The van der Waals surface area contributed by atoms with Gasteiger partial charge in [0.05, 0.1) is 33.5 Å². The molecule has 6 heteroatoms. The molecule has 2 aromatic carbocycles. The molecular formula is C35H41NO4S. The fourth-order valence-electron chi connectivity index (χ4n) is 5.64. The smallest absolute Gasteiger partial charge is 0.348 e. The molecule has 0 fully saturated rings. The summed E-state index contributed by atoms with van der Waals surface area (Å²) in [6, 6.07) is 20.8. The predicted octanol–water partition coefficient (Wildman–Crippen LogP) is 9.31. The molecule has 0 N–H and O–H groups in total. The Morgan fingerprint density at radius 2 is 1.80 bits per heavy atom. The first-order valence-electron chi connectivity index (χ1n) is 14.6. The first-order valence-corrected chi connectivity index (χ1v) is 15.5. The van der Waals surface area contributed by atoms with Gasteiger partial charge in [-0.1, -0.05) is 80.6 Å². The van der Waals surface area contributed by atoms with Crippen LogP contribution < -0.4 is 4.74 Å². The number of esters is 1. The highest BCUT2D eigenvalue weighted by molar-refractivity contribution is 7.13. The highest BCUT2D eigenvalue weighted by Gasteiger charge is 2.31. The molecular weight excluding hydrogens is 530 g/mol. The molecule has 0 saturated carbocycles. The van der Waals surface area contributed by atoms with E-state index >= 15 is 0 Å². The van der Waals surface area contributed by atoms with Crippen LogP contribution in [0.3, 0.4) is 0 Å². The van der Waals surface area contributed by atoms with Crippen LogP contribution in [0.2, 0.25) is 0 Å². The van der Waals surface area contributed by atoms with Crippen molar-refractivity contribution < 1.29 is 19.0 Å². The van der Waals surface area contributed by atoms with Gasteiger partial charge in [-0.25, -0.2) is 9.64 Å². The molecule has 216 valence electrons. The monoisotopic (exact) mass is 571 g/mol. The number of carbonyl (C=O) groups excluding carboxylic acids is 1. The third kappa shape index (κ3) is 8.31. The molecule has 1 heterocycles. The Bertz CT molecular complexity index is 1320. The summed E-state index contributed by atoms with van der Waals surface area (Å²) in [5.74, 6) is 1.12. The fourth-order valence-corrected chi connectivity index (χ4v) is 6.61. The highest BCUT2D eigenvalue weighted by Crippen LogP contribution is 2.44. The van der Waals surface area contributed by atoms with Crippen LogP contribution in [0.15, 0.2) is 72.4 Å². The molecule has 2 unspecified atom stereocenters. The van der Waals surface area contributed by atoms with E-state index in [0.29, 0.717) is 17.4 Å². The maximum Gasteiger partial charge on any atom is 0.348 e. The second-order valence-electron chi connectivity index (χ2n) is 10.7. The number of allylic oxidation sites excluding steroid dienone is 2. The number of ether oxygens (including phenoxy) is 3. The summed E-state index contributed by atoms with van der Waals surface area (Å²) in [6.07, 6.45) is 10.6. The predicted molar refractivity (Wildman–Crippen MR) is 165 cm³/mol. The maximum atomic E-state index is 11.8. The normalized spacial score (nSPS) is 17.1. The van der Waals surface area contributed by atoms with Crippen LogP contribution in [0.25, 0.3) is 4.85 Å². The van der Waals surface area contributed by atoms with E-state index in [1.54, 1.807) is 7.11 Å². The van der Waals surface area contributed by atoms with E-state index in [1.807, 2.05) is 24.3 Å². The number of rotatable bonds is 15. The van der Waals surface area contributed by atoms with Crippen molar-refractivity contribution in [3.8, 4) is 5.75 Å². The van der Waals surface area contributed by atoms with E-state index in [9.17, 15) is 4.79 Å². The molecule has 0 aliphatic heterocycles. The minimum Gasteiger partial charge on any atom is -0.497 e. The van der Waals surface area contributed by atoms with Gasteiger partial charge >= 0.3 is 5.97 Å². The van der Waals surface area contributed by atoms with Gasteiger partial charge in [-0.15, -0.1) is 11.3 Å². The number of methoxy groups -OCH3 is 2. The number of hydrogen-bond acceptors (Lipinski definition) is 5. The van der Waals surface area contributed by atoms with Crippen molar-refractivity contribution in [1.82, 2.24) is 0 Å². The van der Waals surface area contributed by atoms with Crippen LogP contribution >= 0.6 is 11.3 Å². The lowest BCUT2D eigenvalue weighted by molar-refractivity contribution is 0.0321. The van der Waals surface area contributed by atoms with Gasteiger partial charge in [0.15, 0.2) is 5.70 Å². The van der Waals surface area contributed by atoms with Gasteiger partial charge in [0.2, 0.25) is 0 Å². The summed E-state index contributed by atoms with van der Waals surface area (Å²) < 4.78 is 16.6. The van der Waals surface area contributed by atoms with Crippen molar-refractivity contribution >= 4 is 17.3 Å². The third-order valence-electron chi connectivity index (χ3n) is 7.94. The number of unbranched alkanes of at least 4 members (excludes halogenated alkanes) is 2. The van der Waals surface area contributed by atoms with E-state index in [4.69, 9.17) is 20.8 Å². The lowest BCUT2D eigenvalue weighted by atomic mass is 9.83. The zero-order chi connectivity index (χ0) is 29.0. The Morgan fingerprint density at radius 1 is 1.02 bits per heavy atom. The number of hydrogen-bond donors (Lipinski definition) is 0. The molecule has 41 heavy (non-hydrogen) atoms. The molecule has 1 aromatic heterocycles. The van der Waals surface area contributed by atoms with Crippen molar-refractivity contribution in [2.45, 2.75) is 76.9 Å². The largest absolute Gasteiger partial charge is 0.497 e. The lowest BCUT2D eigenvalue weighted by Crippen LogP contribution is -2.10. The highest BCUT2D eigenvalue weighted by atomic mass is 32.1. The second-order valence-corrected chi connectivity index (χ2v) is 11.8. The summed E-state index contributed by atoms with van der Waals surface area (Å²) in [7, 11) is 3.09. The van der Waals surface area contributed by atoms with Crippen molar-refractivity contribution in [3.05, 3.63) is 110 Å². The first-order chi connectivity index (χ1) is 20.1. The van der Waals surface area contributed by atoms with Crippen molar-refractivity contribution in [2.75, 3.05) is 14.2 Å². The van der Waals surface area contributed by atoms with E-state index < -0.39 is 0 Å². The second kappa shape index (κ2) is 15.6. The standard InChI is InChI=1S/C35H41NO4S/c1-5-6-7-11-32(40-24-25-12-19-29(38-3)20-13-25)26-14-16-28(17-15-26)34-27(18-22-31(34)36-2)9-8-10-30-21-23-33(41-30)35(37)39-4/h12-17,19-23,27,32,34H,5-11,18,24H2,1,3-4H3/t27?,32?,34-/m0/s1. The Labute approximate surface area is 249 Å². The molecule has 0 bridgehead atoms. The average Bonchev–Trinajstić information content (AvgIpc) is 3.66. The molecule has 5 nitrogen and oxygen atoms in total. The van der Waals surface area contributed by atoms with Crippen LogP contribution in [-0.2, 0) is 22.5 Å². The van der Waals surface area contributed by atoms with Crippen LogP contribution in [0.5, 0.6) is 5.75 Å². The minimum atomic E-state index is -0.273. The van der Waals surface area contributed by atoms with E-state index in [2.05, 4.69) is 54.2 Å². The molecule has 1 aliphatic carbocycles. The van der Waals surface area contributed by atoms with Crippen molar-refractivity contribution in [3.63, 3.8) is 0 Å². The summed E-state index contributed by atoms with van der Waals surface area (Å²) in [5, 5.41) is 0. The van der Waals surface area contributed by atoms with Gasteiger partial charge in [-0.3, -0.25) is 0 Å². The van der Waals surface area contributed by atoms with Gasteiger partial charge in [-0.2, -0.15) is 0 Å². The third-order valence-corrected chi connectivity index (χ3v) is 9.07. The Morgan fingerprint density at radius 3 is 2.49 bits per heavy atom. The summed E-state index contributed by atoms with van der Waals surface area (Å²) >= 11 is 1.51. The van der Waals surface area contributed by atoms with Gasteiger partial charge in [0.25, 0.3) is 0 Å². The molecule has 0 spiro atoms. The topological polar surface area (TPSA) is 49.1 Å². The van der Waals surface area contributed by atoms with Crippen LogP contribution in [0.4, 0.5) is 0 Å². The van der Waals surface area contributed by atoms with E-state index in [-0.39, 0.29) is 18.0 Å². The minimum absolute atomic E-state index is 0.0358. The fraction of sp³-hybridized carbons (Fsp3) is 0.429. The van der Waals surface area contributed by atoms with Crippen LogP contribution in [0.1, 0.15) is 95.1 Å². The van der Waals surface area contributed by atoms with Gasteiger partial charge in [0.1, 0.15) is 10.6 Å². The lowest BCUT2D eigenvalue weighted by Gasteiger charge is -2.23. The van der Waals surface area contributed by atoms with Crippen molar-refractivity contribution in [1.29, 1.82) is 0 Å². The van der Waals surface area contributed by atoms with E-state index in [0.717, 1.165) is 55.5 Å². The Hall–Kier alpha value is -3.40. The maximum absolute atomic E-state index is 11.8. The molecule has 0 saturated heterocycles. The van der Waals surface area contributed by atoms with Gasteiger partial charge in [-0.05, 0) is 67.0 Å². The summed E-state index contributed by atoms with van der Waals surface area (Å²) in [5.41, 5.74) is 4.40. The molecule has 3 atom stereocenters. The number of aryl methyl sites for hydroxylation is 1. The molecule has 3 aromatic rings. The molecule has 0 amide bonds. The zero-order valence-electron chi connectivity index (χ0n) is 24.4. The summed E-state index contributed by atoms with van der Waals surface area (Å²) in [6.45, 7) is 10.6. The zero-order valence-corrected chi connectivity index (χ0v) is 25.3. The SMILES string of the molecule is [C-]#[N+]C1=CCC(CCCc2ccc(C(=O)OC)s2)[C@H]1c1ccc(C(CCCCC)OCc2ccc(OC)cc2)cc1. The van der Waals surface area contributed by atoms with Crippen LogP contribution in [-0.4, -0.2) is 20.2 Å². The van der Waals surface area contributed by atoms with Crippen molar-refractivity contribution in [2.24, 2.45) is 5.92 Å². The molecule has 1 aliphatic rings. The Kier molecular flexibility index (Phi) is 11.6. The van der Waals surface area contributed by atoms with Crippen LogP contribution in [0, 0.1) is 12.5 Å². The quantitative estimate of drug-likeness (QED) is 0.104. The Balaban J connectivity index is 1.40. The number of benzene rings is 2. The first kappa shape index (κ1) is 30.6. The van der Waals surface area contributed by atoms with Gasteiger partial charge < -0.3 is 14.2 Å². The molecule has 4 rings (SSSR count). The number of thiophene rings is 1. The number of carbonyl (C=O) groups is 1.